The van der Waals surface area contributed by atoms with E-state index in [0.717, 1.165) is 23.4 Å². The zero-order valence-electron chi connectivity index (χ0n) is 16.6. The molecule has 28 heavy (non-hydrogen) atoms. The molecule has 0 saturated carbocycles. The van der Waals surface area contributed by atoms with E-state index in [4.69, 9.17) is 5.26 Å². The van der Waals surface area contributed by atoms with Crippen molar-refractivity contribution < 1.29 is 9.18 Å². The topological polar surface area (TPSA) is 47.3 Å². The number of aryl methyl sites for hydroxylation is 1. The maximum Gasteiger partial charge on any atom is 0.158 e. The number of anilines is 1. The van der Waals surface area contributed by atoms with Gasteiger partial charge >= 0.3 is 0 Å². The second-order valence-electron chi connectivity index (χ2n) is 7.24. The lowest BCUT2D eigenvalue weighted by Crippen LogP contribution is -2.44. The third-order valence-corrected chi connectivity index (χ3v) is 5.32. The summed E-state index contributed by atoms with van der Waals surface area (Å²) >= 11 is 0. The van der Waals surface area contributed by atoms with Gasteiger partial charge in [-0.3, -0.25) is 9.80 Å². The van der Waals surface area contributed by atoms with Crippen LogP contribution < -0.4 is 5.01 Å². The van der Waals surface area contributed by atoms with E-state index >= 15 is 0 Å². The van der Waals surface area contributed by atoms with Gasteiger partial charge in [0, 0.05) is 18.5 Å². The van der Waals surface area contributed by atoms with Crippen LogP contribution in [0.5, 0.6) is 0 Å². The number of carbonyl (C=O) groups excluding carboxylic acids is 1. The monoisotopic (exact) mass is 377 g/mol. The lowest BCUT2D eigenvalue weighted by atomic mass is 9.96. The minimum atomic E-state index is -0.566. The highest BCUT2D eigenvalue weighted by molar-refractivity contribution is 5.94. The first kappa shape index (κ1) is 19.8. The Bertz CT molecular complexity index is 959. The highest BCUT2D eigenvalue weighted by Crippen LogP contribution is 2.36. The Hall–Kier alpha value is -2.97. The highest BCUT2D eigenvalue weighted by atomic mass is 19.1. The normalized spacial score (nSPS) is 17.9. The maximum absolute atomic E-state index is 14.3. The van der Waals surface area contributed by atoms with Crippen molar-refractivity contribution in [2.45, 2.75) is 33.2 Å². The molecule has 0 aliphatic carbocycles. The summed E-state index contributed by atoms with van der Waals surface area (Å²) < 4.78 is 14.3. The second kappa shape index (κ2) is 7.95. The van der Waals surface area contributed by atoms with Crippen LogP contribution >= 0.6 is 0 Å². The number of rotatable bonds is 5. The van der Waals surface area contributed by atoms with E-state index in [1.54, 1.807) is 6.07 Å². The predicted molar refractivity (Wildman–Crippen MR) is 109 cm³/mol. The van der Waals surface area contributed by atoms with Crippen LogP contribution in [-0.2, 0) is 4.79 Å². The van der Waals surface area contributed by atoms with Crippen molar-refractivity contribution in [3.8, 4) is 6.07 Å². The molecule has 144 valence electrons. The second-order valence-corrected chi connectivity index (χ2v) is 7.24. The molecule has 0 aromatic heterocycles. The van der Waals surface area contributed by atoms with E-state index in [2.05, 4.69) is 0 Å². The Balaban J connectivity index is 2.10. The molecule has 0 bridgehead atoms. The summed E-state index contributed by atoms with van der Waals surface area (Å²) in [4.78, 5) is 12.9. The average molecular weight is 377 g/mol. The van der Waals surface area contributed by atoms with Crippen molar-refractivity contribution in [2.75, 3.05) is 12.1 Å². The van der Waals surface area contributed by atoms with E-state index in [-0.39, 0.29) is 17.3 Å². The van der Waals surface area contributed by atoms with Crippen molar-refractivity contribution in [3.63, 3.8) is 0 Å². The Morgan fingerprint density at radius 2 is 1.93 bits per heavy atom. The molecule has 2 unspecified atom stereocenters. The molecule has 0 amide bonds. The number of carbonyl (C=O) groups is 1. The number of hydrogen-bond acceptors (Lipinski definition) is 4. The lowest BCUT2D eigenvalue weighted by molar-refractivity contribution is -0.125. The number of nitrogens with zero attached hydrogens (tertiary/aromatic N) is 3. The van der Waals surface area contributed by atoms with Crippen molar-refractivity contribution in [1.82, 2.24) is 5.01 Å². The van der Waals surface area contributed by atoms with Crippen LogP contribution in [0, 0.1) is 30.0 Å². The standard InChI is InChI=1S/C23H24FN3O/c1-5-16(3)23(28)22-13-21(17-8-9-18(14-25)20(24)12-17)27(26(22)4)19-10-6-15(2)7-11-19/h6-13,16,22H,5H2,1-4H3. The first-order valence-corrected chi connectivity index (χ1v) is 9.42. The van der Waals surface area contributed by atoms with E-state index in [9.17, 15) is 9.18 Å². The van der Waals surface area contributed by atoms with Gasteiger partial charge in [-0.2, -0.15) is 5.26 Å². The molecule has 1 heterocycles. The van der Waals surface area contributed by atoms with Gasteiger partial charge in [-0.25, -0.2) is 9.40 Å². The van der Waals surface area contributed by atoms with Crippen LogP contribution in [-0.4, -0.2) is 23.9 Å². The Kier molecular flexibility index (Phi) is 5.62. The van der Waals surface area contributed by atoms with E-state index < -0.39 is 11.9 Å². The number of likely N-dealkylation sites (N-methyl/N-ethyl adjacent to an activating group) is 1. The number of Topliss-reactive ketones (excluding diaryl/α,β-unsaturated/α-hetero) is 1. The van der Waals surface area contributed by atoms with Crippen LogP contribution in [0.4, 0.5) is 10.1 Å². The molecular formula is C23H24FN3O. The van der Waals surface area contributed by atoms with E-state index in [1.807, 2.05) is 74.2 Å². The van der Waals surface area contributed by atoms with Gasteiger partial charge < -0.3 is 0 Å². The van der Waals surface area contributed by atoms with Gasteiger partial charge in [0.25, 0.3) is 0 Å². The Morgan fingerprint density at radius 3 is 2.50 bits per heavy atom. The number of nitriles is 1. The molecule has 4 nitrogen and oxygen atoms in total. The molecule has 0 saturated heterocycles. The van der Waals surface area contributed by atoms with Gasteiger partial charge in [-0.15, -0.1) is 0 Å². The van der Waals surface area contributed by atoms with Gasteiger partial charge in [-0.05, 0) is 43.7 Å². The van der Waals surface area contributed by atoms with Gasteiger partial charge in [0.15, 0.2) is 5.78 Å². The average Bonchev–Trinajstić information content (AvgIpc) is 3.04. The summed E-state index contributed by atoms with van der Waals surface area (Å²) in [6.07, 6.45) is 2.65. The van der Waals surface area contributed by atoms with Crippen LogP contribution in [0.1, 0.15) is 37.0 Å². The fourth-order valence-corrected chi connectivity index (χ4v) is 3.37. The largest absolute Gasteiger partial charge is 0.297 e. The van der Waals surface area contributed by atoms with Gasteiger partial charge in [0.05, 0.1) is 16.9 Å². The molecular weight excluding hydrogens is 353 g/mol. The summed E-state index contributed by atoms with van der Waals surface area (Å²) in [5, 5.41) is 12.8. The summed E-state index contributed by atoms with van der Waals surface area (Å²) in [6.45, 7) is 5.94. The van der Waals surface area contributed by atoms with Crippen molar-refractivity contribution >= 4 is 17.2 Å². The minimum absolute atomic E-state index is 0.00446. The maximum atomic E-state index is 14.3. The fourth-order valence-electron chi connectivity index (χ4n) is 3.37. The number of hydrogen-bond donors (Lipinski definition) is 0. The quantitative estimate of drug-likeness (QED) is 0.758. The molecule has 0 radical (unpaired) electrons. The van der Waals surface area contributed by atoms with Crippen LogP contribution in [0.15, 0.2) is 48.5 Å². The Morgan fingerprint density at radius 1 is 1.25 bits per heavy atom. The zero-order valence-corrected chi connectivity index (χ0v) is 16.6. The van der Waals surface area contributed by atoms with Crippen LogP contribution in [0.25, 0.3) is 5.70 Å². The van der Waals surface area contributed by atoms with E-state index in [0.29, 0.717) is 5.56 Å². The smallest absolute Gasteiger partial charge is 0.158 e. The predicted octanol–water partition coefficient (Wildman–Crippen LogP) is 4.70. The van der Waals surface area contributed by atoms with Crippen LogP contribution in [0.3, 0.4) is 0 Å². The molecule has 1 aliphatic heterocycles. The van der Waals surface area contributed by atoms with Gasteiger partial charge in [0.1, 0.15) is 17.9 Å². The summed E-state index contributed by atoms with van der Waals surface area (Å²) in [5.41, 5.74) is 3.39. The molecule has 5 heteroatoms. The minimum Gasteiger partial charge on any atom is -0.297 e. The fraction of sp³-hybridized carbons (Fsp3) is 0.304. The van der Waals surface area contributed by atoms with E-state index in [1.165, 1.54) is 12.1 Å². The molecule has 3 rings (SSSR count). The van der Waals surface area contributed by atoms with Crippen LogP contribution in [0.2, 0.25) is 0 Å². The SMILES string of the molecule is CCC(C)C(=O)C1C=C(c2ccc(C#N)c(F)c2)N(c2ccc(C)cc2)N1C. The molecule has 2 aromatic rings. The number of ketones is 1. The Labute approximate surface area is 165 Å². The summed E-state index contributed by atoms with van der Waals surface area (Å²) in [5.74, 6) is -0.504. The number of hydrazine groups is 1. The molecule has 2 atom stereocenters. The van der Waals surface area contributed by atoms with Crippen molar-refractivity contribution in [1.29, 1.82) is 5.26 Å². The van der Waals surface area contributed by atoms with Crippen molar-refractivity contribution in [3.05, 3.63) is 71.0 Å². The first-order chi connectivity index (χ1) is 13.4. The third kappa shape index (κ3) is 3.56. The third-order valence-electron chi connectivity index (χ3n) is 5.32. The summed E-state index contributed by atoms with van der Waals surface area (Å²) in [7, 11) is 1.87. The molecule has 0 fully saturated rings. The number of halogens is 1. The number of benzene rings is 2. The highest BCUT2D eigenvalue weighted by Gasteiger charge is 2.36. The lowest BCUT2D eigenvalue weighted by Gasteiger charge is -2.33. The molecule has 2 aromatic carbocycles. The molecule has 0 spiro atoms. The van der Waals surface area contributed by atoms with Gasteiger partial charge in [0.2, 0.25) is 0 Å². The summed E-state index contributed by atoms with van der Waals surface area (Å²) in [6, 6.07) is 13.9. The zero-order chi connectivity index (χ0) is 20.4. The molecule has 0 N–H and O–H groups in total. The first-order valence-electron chi connectivity index (χ1n) is 9.42. The van der Waals surface area contributed by atoms with Crippen molar-refractivity contribution in [2.24, 2.45) is 5.92 Å². The molecule has 1 aliphatic rings. The van der Waals surface area contributed by atoms with Gasteiger partial charge in [-0.1, -0.05) is 37.6 Å².